The summed E-state index contributed by atoms with van der Waals surface area (Å²) in [7, 11) is 0. The second-order valence-corrected chi connectivity index (χ2v) is 8.34. The van der Waals surface area contributed by atoms with Crippen LogP contribution in [0.4, 0.5) is 10.1 Å². The molecule has 0 unspecified atom stereocenters. The topological polar surface area (TPSA) is 64.0 Å². The first-order valence-corrected chi connectivity index (χ1v) is 10.1. The highest BCUT2D eigenvalue weighted by Gasteiger charge is 2.30. The van der Waals surface area contributed by atoms with Crippen LogP contribution in [0.5, 0.6) is 0 Å². The van der Waals surface area contributed by atoms with Crippen LogP contribution in [0, 0.1) is 12.7 Å². The van der Waals surface area contributed by atoms with E-state index >= 15 is 0 Å². The van der Waals surface area contributed by atoms with Crippen LogP contribution in [-0.4, -0.2) is 20.7 Å². The van der Waals surface area contributed by atoms with E-state index in [0.29, 0.717) is 27.3 Å². The minimum atomic E-state index is -0.498. The van der Waals surface area contributed by atoms with Gasteiger partial charge in [0, 0.05) is 11.7 Å². The van der Waals surface area contributed by atoms with E-state index in [1.165, 1.54) is 17.8 Å². The van der Waals surface area contributed by atoms with E-state index in [-0.39, 0.29) is 23.3 Å². The zero-order valence-corrected chi connectivity index (χ0v) is 16.4. The molecule has 144 valence electrons. The number of rotatable bonds is 5. The molecule has 1 atom stereocenters. The average Bonchev–Trinajstić information content (AvgIpc) is 3.50. The molecule has 5 nitrogen and oxygen atoms in total. The predicted octanol–water partition coefficient (Wildman–Crippen LogP) is 4.30. The zero-order valence-electron chi connectivity index (χ0n) is 15.6. The lowest BCUT2D eigenvalue weighted by molar-refractivity contribution is -0.115. The van der Waals surface area contributed by atoms with Gasteiger partial charge in [-0.1, -0.05) is 30.0 Å². The van der Waals surface area contributed by atoms with Crippen LogP contribution in [0.15, 0.2) is 52.4 Å². The molecule has 4 rings (SSSR count). The fourth-order valence-electron chi connectivity index (χ4n) is 2.99. The van der Waals surface area contributed by atoms with Crippen molar-refractivity contribution in [1.29, 1.82) is 0 Å². The van der Waals surface area contributed by atoms with Gasteiger partial charge < -0.3 is 5.32 Å². The van der Waals surface area contributed by atoms with Gasteiger partial charge >= 0.3 is 0 Å². The van der Waals surface area contributed by atoms with Gasteiger partial charge in [0.1, 0.15) is 5.82 Å². The van der Waals surface area contributed by atoms with E-state index in [1.54, 1.807) is 42.7 Å². The molecule has 1 N–H and O–H groups in total. The Labute approximate surface area is 166 Å². The largest absolute Gasteiger partial charge is 0.325 e. The summed E-state index contributed by atoms with van der Waals surface area (Å²) in [4.78, 5) is 30.1. The number of aryl methyl sites for hydroxylation is 1. The number of amides is 1. The minimum absolute atomic E-state index is 0.0659. The molecule has 0 saturated heterocycles. The number of aromatic nitrogens is 2. The first-order chi connectivity index (χ1) is 13.4. The van der Waals surface area contributed by atoms with Crippen LogP contribution >= 0.6 is 11.8 Å². The number of hydrogen-bond acceptors (Lipinski definition) is 4. The minimum Gasteiger partial charge on any atom is -0.325 e. The van der Waals surface area contributed by atoms with E-state index in [9.17, 15) is 14.0 Å². The Balaban J connectivity index is 1.60. The molecule has 1 aliphatic rings. The lowest BCUT2D eigenvalue weighted by Gasteiger charge is -2.16. The molecule has 1 amide bonds. The number of fused-ring (bicyclic) bond motifs is 1. The van der Waals surface area contributed by atoms with Crippen LogP contribution in [0.2, 0.25) is 0 Å². The molecular weight excluding hydrogens is 377 g/mol. The molecule has 1 aliphatic carbocycles. The number of carbonyl (C=O) groups excluding carboxylic acids is 1. The molecule has 28 heavy (non-hydrogen) atoms. The third-order valence-corrected chi connectivity index (χ3v) is 5.84. The van der Waals surface area contributed by atoms with Crippen molar-refractivity contribution in [2.75, 3.05) is 5.32 Å². The van der Waals surface area contributed by atoms with Gasteiger partial charge in [0.05, 0.1) is 16.2 Å². The second kappa shape index (κ2) is 7.39. The molecule has 1 saturated carbocycles. The van der Waals surface area contributed by atoms with Gasteiger partial charge in [-0.2, -0.15) is 0 Å². The number of halogens is 1. The molecule has 1 fully saturated rings. The van der Waals surface area contributed by atoms with Crippen LogP contribution in [0.25, 0.3) is 10.9 Å². The number of benzene rings is 2. The first-order valence-electron chi connectivity index (χ1n) is 9.19. The van der Waals surface area contributed by atoms with Crippen molar-refractivity contribution in [3.63, 3.8) is 0 Å². The summed E-state index contributed by atoms with van der Waals surface area (Å²) in [6, 6.07) is 12.0. The summed E-state index contributed by atoms with van der Waals surface area (Å²) in [5.74, 6) is -0.630. The Morgan fingerprint density at radius 3 is 2.75 bits per heavy atom. The van der Waals surface area contributed by atoms with Gasteiger partial charge in [-0.05, 0) is 56.5 Å². The Hall–Kier alpha value is -2.67. The summed E-state index contributed by atoms with van der Waals surface area (Å²) in [6.07, 6.45) is 1.88. The lowest BCUT2D eigenvalue weighted by atomic mass is 10.2. The van der Waals surface area contributed by atoms with Crippen molar-refractivity contribution in [3.05, 3.63) is 64.2 Å². The summed E-state index contributed by atoms with van der Waals surface area (Å²) in [5, 5.41) is 3.37. The maximum absolute atomic E-state index is 13.7. The average molecular weight is 397 g/mol. The second-order valence-electron chi connectivity index (χ2n) is 7.03. The van der Waals surface area contributed by atoms with Crippen LogP contribution in [0.3, 0.4) is 0 Å². The van der Waals surface area contributed by atoms with Crippen LogP contribution in [-0.2, 0) is 4.79 Å². The van der Waals surface area contributed by atoms with Gasteiger partial charge in [-0.3, -0.25) is 14.2 Å². The number of carbonyl (C=O) groups is 1. The number of hydrogen-bond donors (Lipinski definition) is 1. The summed E-state index contributed by atoms with van der Waals surface area (Å²) < 4.78 is 15.4. The molecular formula is C21H20FN3O2S. The highest BCUT2D eigenvalue weighted by molar-refractivity contribution is 8.00. The maximum Gasteiger partial charge on any atom is 0.262 e. The van der Waals surface area contributed by atoms with Crippen LogP contribution in [0.1, 0.15) is 31.4 Å². The van der Waals surface area contributed by atoms with Gasteiger partial charge in [0.2, 0.25) is 5.91 Å². The fraction of sp³-hybridized carbons (Fsp3) is 0.286. The summed E-state index contributed by atoms with van der Waals surface area (Å²) in [5.41, 5.74) is 1.49. The number of thioether (sulfide) groups is 1. The summed E-state index contributed by atoms with van der Waals surface area (Å²) >= 11 is 1.25. The molecule has 2 aromatic carbocycles. The van der Waals surface area contributed by atoms with E-state index in [0.717, 1.165) is 12.8 Å². The molecule has 7 heteroatoms. The Kier molecular flexibility index (Phi) is 4.93. The van der Waals surface area contributed by atoms with E-state index in [2.05, 4.69) is 10.3 Å². The standard InChI is InChI=1S/C21H20FN3O2S/c1-12-7-8-14(11-17(12)22)23-19(26)13(2)28-21-24-18-6-4-3-5-16(18)20(27)25(21)15-9-10-15/h3-8,11,13,15H,9-10H2,1-2H3,(H,23,26)/t13-/m0/s1. The van der Waals surface area contributed by atoms with Crippen molar-refractivity contribution in [2.24, 2.45) is 0 Å². The van der Waals surface area contributed by atoms with E-state index < -0.39 is 5.25 Å². The van der Waals surface area contributed by atoms with Crippen molar-refractivity contribution >= 4 is 34.3 Å². The lowest BCUT2D eigenvalue weighted by Crippen LogP contribution is -2.26. The van der Waals surface area contributed by atoms with Gasteiger partial charge in [0.25, 0.3) is 5.56 Å². The fourth-order valence-corrected chi connectivity index (χ4v) is 3.97. The number of anilines is 1. The highest BCUT2D eigenvalue weighted by Crippen LogP contribution is 2.37. The zero-order chi connectivity index (χ0) is 19.8. The number of para-hydroxylation sites is 1. The Morgan fingerprint density at radius 2 is 2.04 bits per heavy atom. The Morgan fingerprint density at radius 1 is 1.29 bits per heavy atom. The first kappa shape index (κ1) is 18.7. The quantitative estimate of drug-likeness (QED) is 0.515. The number of nitrogens with zero attached hydrogens (tertiary/aromatic N) is 2. The van der Waals surface area contributed by atoms with Crippen molar-refractivity contribution in [3.8, 4) is 0 Å². The molecule has 0 spiro atoms. The van der Waals surface area contributed by atoms with Crippen molar-refractivity contribution in [2.45, 2.75) is 43.1 Å². The molecule has 0 radical (unpaired) electrons. The molecule has 1 heterocycles. The smallest absolute Gasteiger partial charge is 0.262 e. The van der Waals surface area contributed by atoms with Gasteiger partial charge in [-0.25, -0.2) is 9.37 Å². The normalized spacial score (nSPS) is 14.8. The van der Waals surface area contributed by atoms with Crippen molar-refractivity contribution in [1.82, 2.24) is 9.55 Å². The maximum atomic E-state index is 13.7. The highest BCUT2D eigenvalue weighted by atomic mass is 32.2. The van der Waals surface area contributed by atoms with Gasteiger partial charge in [-0.15, -0.1) is 0 Å². The third-order valence-electron chi connectivity index (χ3n) is 4.78. The molecule has 1 aromatic heterocycles. The summed E-state index contributed by atoms with van der Waals surface area (Å²) in [6.45, 7) is 3.42. The molecule has 0 bridgehead atoms. The molecule has 0 aliphatic heterocycles. The van der Waals surface area contributed by atoms with E-state index in [4.69, 9.17) is 0 Å². The SMILES string of the molecule is Cc1ccc(NC(=O)[C@H](C)Sc2nc3ccccc3c(=O)n2C2CC2)cc1F. The van der Waals surface area contributed by atoms with Crippen molar-refractivity contribution < 1.29 is 9.18 Å². The molecule has 3 aromatic rings. The predicted molar refractivity (Wildman–Crippen MR) is 109 cm³/mol. The number of nitrogens with one attached hydrogen (secondary N) is 1. The van der Waals surface area contributed by atoms with E-state index in [1.807, 2.05) is 12.1 Å². The Bertz CT molecular complexity index is 1120. The third kappa shape index (κ3) is 3.67. The van der Waals surface area contributed by atoms with Crippen LogP contribution < -0.4 is 10.9 Å². The van der Waals surface area contributed by atoms with Gasteiger partial charge in [0.15, 0.2) is 5.16 Å². The monoisotopic (exact) mass is 397 g/mol.